The van der Waals surface area contributed by atoms with Crippen LogP contribution >= 0.6 is 0 Å². The van der Waals surface area contributed by atoms with Crippen molar-refractivity contribution in [1.29, 1.82) is 0 Å². The molecule has 0 aliphatic carbocycles. The second kappa shape index (κ2) is 10.6. The highest BCUT2D eigenvalue weighted by molar-refractivity contribution is 5.69. The molecule has 0 N–H and O–H groups in total. The van der Waals surface area contributed by atoms with Gasteiger partial charge in [-0.05, 0) is 32.4 Å². The Morgan fingerprint density at radius 3 is 2.00 bits per heavy atom. The fraction of sp³-hybridized carbons (Fsp3) is 0.929. The van der Waals surface area contributed by atoms with Crippen LogP contribution in [0.4, 0.5) is 0 Å². The van der Waals surface area contributed by atoms with Gasteiger partial charge in [-0.25, -0.2) is 0 Å². The lowest BCUT2D eigenvalue weighted by Crippen LogP contribution is -2.38. The fourth-order valence-electron chi connectivity index (χ4n) is 2.01. The van der Waals surface area contributed by atoms with E-state index in [0.717, 1.165) is 19.5 Å². The van der Waals surface area contributed by atoms with Gasteiger partial charge in [0.05, 0.1) is 13.5 Å². The van der Waals surface area contributed by atoms with E-state index in [4.69, 9.17) is 4.74 Å². The average molecular weight is 243 g/mol. The minimum atomic E-state index is -0.0881. The molecule has 0 aromatic heterocycles. The van der Waals surface area contributed by atoms with Crippen LogP contribution in [-0.4, -0.2) is 37.1 Å². The summed E-state index contributed by atoms with van der Waals surface area (Å²) in [6.45, 7) is 8.77. The lowest BCUT2D eigenvalue weighted by Gasteiger charge is -2.30. The second-order valence-electron chi connectivity index (χ2n) is 4.59. The molecule has 0 aromatic rings. The molecule has 0 aliphatic rings. The van der Waals surface area contributed by atoms with Gasteiger partial charge in [0.15, 0.2) is 0 Å². The number of unbranched alkanes of at least 4 members (excludes halogenated alkanes) is 2. The van der Waals surface area contributed by atoms with Crippen molar-refractivity contribution in [3.63, 3.8) is 0 Å². The maximum absolute atomic E-state index is 11.4. The topological polar surface area (TPSA) is 29.5 Å². The number of methoxy groups -OCH3 is 1. The molecule has 3 heteroatoms. The van der Waals surface area contributed by atoms with Gasteiger partial charge in [0, 0.05) is 6.04 Å². The van der Waals surface area contributed by atoms with Gasteiger partial charge in [-0.2, -0.15) is 0 Å². The van der Waals surface area contributed by atoms with Crippen LogP contribution in [0.1, 0.15) is 59.3 Å². The summed E-state index contributed by atoms with van der Waals surface area (Å²) in [5, 5.41) is 0. The predicted molar refractivity (Wildman–Crippen MR) is 72.1 cm³/mol. The normalized spacial score (nSPS) is 12.8. The van der Waals surface area contributed by atoms with Gasteiger partial charge in [0.1, 0.15) is 0 Å². The number of ether oxygens (including phenoxy) is 1. The first kappa shape index (κ1) is 16.4. The molecule has 0 saturated carbocycles. The van der Waals surface area contributed by atoms with Crippen molar-refractivity contribution < 1.29 is 9.53 Å². The Labute approximate surface area is 107 Å². The summed E-state index contributed by atoms with van der Waals surface area (Å²) in [6, 6.07) is 0.348. The molecule has 0 spiro atoms. The monoisotopic (exact) mass is 243 g/mol. The first-order valence-electron chi connectivity index (χ1n) is 7.00. The van der Waals surface area contributed by atoms with Gasteiger partial charge in [-0.1, -0.05) is 33.6 Å². The van der Waals surface area contributed by atoms with Crippen molar-refractivity contribution in [2.24, 2.45) is 0 Å². The highest BCUT2D eigenvalue weighted by Crippen LogP contribution is 2.12. The molecular weight excluding hydrogens is 214 g/mol. The second-order valence-corrected chi connectivity index (χ2v) is 4.59. The van der Waals surface area contributed by atoms with E-state index >= 15 is 0 Å². The third-order valence-corrected chi connectivity index (χ3v) is 3.22. The van der Waals surface area contributed by atoms with E-state index in [1.807, 2.05) is 0 Å². The number of nitrogens with zero attached hydrogens (tertiary/aromatic N) is 1. The van der Waals surface area contributed by atoms with E-state index in [0.29, 0.717) is 12.5 Å². The Morgan fingerprint density at radius 2 is 1.65 bits per heavy atom. The number of carbonyl (C=O) groups excluding carboxylic acids is 1. The molecule has 0 radical (unpaired) electrons. The molecule has 0 heterocycles. The van der Waals surface area contributed by atoms with Gasteiger partial charge >= 0.3 is 5.97 Å². The molecule has 1 unspecified atom stereocenters. The lowest BCUT2D eigenvalue weighted by molar-refractivity contribution is -0.142. The summed E-state index contributed by atoms with van der Waals surface area (Å²) in [4.78, 5) is 13.8. The van der Waals surface area contributed by atoms with E-state index in [-0.39, 0.29) is 5.97 Å². The SMILES string of the molecule is CCCCN(CCCC)C(CC)CC(=O)OC. The van der Waals surface area contributed by atoms with Crippen molar-refractivity contribution in [3.05, 3.63) is 0 Å². The van der Waals surface area contributed by atoms with Crippen molar-refractivity contribution in [2.45, 2.75) is 65.3 Å². The largest absolute Gasteiger partial charge is 0.469 e. The highest BCUT2D eigenvalue weighted by Gasteiger charge is 2.19. The Kier molecular flexibility index (Phi) is 10.2. The van der Waals surface area contributed by atoms with E-state index in [2.05, 4.69) is 25.7 Å². The Balaban J connectivity index is 4.30. The van der Waals surface area contributed by atoms with Gasteiger partial charge in [-0.15, -0.1) is 0 Å². The minimum absolute atomic E-state index is 0.0881. The van der Waals surface area contributed by atoms with E-state index in [1.54, 1.807) is 0 Å². The molecule has 0 saturated heterocycles. The number of carbonyl (C=O) groups is 1. The molecule has 17 heavy (non-hydrogen) atoms. The number of rotatable bonds is 10. The van der Waals surface area contributed by atoms with Crippen LogP contribution in [0.25, 0.3) is 0 Å². The molecule has 1 atom stereocenters. The van der Waals surface area contributed by atoms with Crippen molar-refractivity contribution in [3.8, 4) is 0 Å². The Hall–Kier alpha value is -0.570. The van der Waals surface area contributed by atoms with E-state index in [9.17, 15) is 4.79 Å². The van der Waals surface area contributed by atoms with Crippen LogP contribution < -0.4 is 0 Å². The predicted octanol–water partition coefficient (Wildman–Crippen LogP) is 3.23. The number of hydrogen-bond donors (Lipinski definition) is 0. The minimum Gasteiger partial charge on any atom is -0.469 e. The molecule has 0 rings (SSSR count). The number of hydrogen-bond acceptors (Lipinski definition) is 3. The molecule has 3 nitrogen and oxygen atoms in total. The fourth-order valence-corrected chi connectivity index (χ4v) is 2.01. The molecule has 0 bridgehead atoms. The van der Waals surface area contributed by atoms with Crippen LogP contribution in [0.15, 0.2) is 0 Å². The summed E-state index contributed by atoms with van der Waals surface area (Å²) in [5.41, 5.74) is 0. The molecular formula is C14H29NO2. The quantitative estimate of drug-likeness (QED) is 0.552. The van der Waals surface area contributed by atoms with Crippen LogP contribution in [0.3, 0.4) is 0 Å². The zero-order valence-electron chi connectivity index (χ0n) is 12.0. The van der Waals surface area contributed by atoms with Crippen molar-refractivity contribution in [2.75, 3.05) is 20.2 Å². The van der Waals surface area contributed by atoms with E-state index < -0.39 is 0 Å². The van der Waals surface area contributed by atoms with Crippen molar-refractivity contribution >= 4 is 5.97 Å². The molecule has 0 fully saturated rings. The standard InChI is InChI=1S/C14H29NO2/c1-5-8-10-15(11-9-6-2)13(7-3)12-14(16)17-4/h13H,5-12H2,1-4H3. The van der Waals surface area contributed by atoms with Crippen LogP contribution in [0.5, 0.6) is 0 Å². The molecule has 102 valence electrons. The van der Waals surface area contributed by atoms with E-state index in [1.165, 1.54) is 32.8 Å². The Bertz CT molecular complexity index is 187. The summed E-state index contributed by atoms with van der Waals surface area (Å²) >= 11 is 0. The van der Waals surface area contributed by atoms with Gasteiger partial charge < -0.3 is 4.74 Å². The third-order valence-electron chi connectivity index (χ3n) is 3.22. The highest BCUT2D eigenvalue weighted by atomic mass is 16.5. The molecule has 0 aliphatic heterocycles. The lowest BCUT2D eigenvalue weighted by atomic mass is 10.1. The Morgan fingerprint density at radius 1 is 1.12 bits per heavy atom. The summed E-state index contributed by atoms with van der Waals surface area (Å²) < 4.78 is 4.78. The maximum Gasteiger partial charge on any atom is 0.307 e. The van der Waals surface area contributed by atoms with Crippen LogP contribution in [-0.2, 0) is 9.53 Å². The summed E-state index contributed by atoms with van der Waals surface area (Å²) in [6.07, 6.45) is 6.38. The van der Waals surface area contributed by atoms with Gasteiger partial charge in [0.2, 0.25) is 0 Å². The summed E-state index contributed by atoms with van der Waals surface area (Å²) in [7, 11) is 1.47. The number of esters is 1. The smallest absolute Gasteiger partial charge is 0.307 e. The maximum atomic E-state index is 11.4. The first-order valence-corrected chi connectivity index (χ1v) is 7.00. The zero-order chi connectivity index (χ0) is 13.1. The summed E-state index contributed by atoms with van der Waals surface area (Å²) in [5.74, 6) is -0.0881. The van der Waals surface area contributed by atoms with Crippen molar-refractivity contribution in [1.82, 2.24) is 4.90 Å². The third kappa shape index (κ3) is 7.37. The van der Waals surface area contributed by atoms with Crippen LogP contribution in [0.2, 0.25) is 0 Å². The first-order chi connectivity index (χ1) is 8.19. The van der Waals surface area contributed by atoms with Gasteiger partial charge in [-0.3, -0.25) is 9.69 Å². The van der Waals surface area contributed by atoms with Crippen LogP contribution in [0, 0.1) is 0 Å². The zero-order valence-corrected chi connectivity index (χ0v) is 12.0. The molecule has 0 amide bonds. The molecule has 0 aromatic carbocycles. The average Bonchev–Trinajstić information content (AvgIpc) is 2.36. The van der Waals surface area contributed by atoms with Gasteiger partial charge in [0.25, 0.3) is 0 Å².